The molecule has 3 heterocycles. The number of anilines is 5. The number of aromatic amines is 1. The first kappa shape index (κ1) is 20.9. The summed E-state index contributed by atoms with van der Waals surface area (Å²) in [5.74, 6) is 1.78. The summed E-state index contributed by atoms with van der Waals surface area (Å²) < 4.78 is 0. The third kappa shape index (κ3) is 4.00. The maximum atomic E-state index is 13.4. The van der Waals surface area contributed by atoms with Crippen LogP contribution in [0.25, 0.3) is 10.9 Å². The summed E-state index contributed by atoms with van der Waals surface area (Å²) in [5.41, 5.74) is 3.35. The van der Waals surface area contributed by atoms with Crippen LogP contribution in [0.5, 0.6) is 0 Å². The molecule has 2 N–H and O–H groups in total. The number of fused-ring (bicyclic) bond motifs is 2. The molecular weight excluding hydrogens is 414 g/mol. The molecule has 5 rings (SSSR count). The Bertz CT molecular complexity index is 1280. The SMILES string of the molecule is CC(C)CCN1c2nc(Nc3ccc4[nH]ncc4c3)ncc2N(c2ccccc2)C(=O)[C@@H]1C. The summed E-state index contributed by atoms with van der Waals surface area (Å²) in [4.78, 5) is 26.7. The van der Waals surface area contributed by atoms with E-state index in [1.807, 2.05) is 55.5 Å². The molecule has 1 aliphatic heterocycles. The Kier molecular flexibility index (Phi) is 5.42. The van der Waals surface area contributed by atoms with E-state index in [0.29, 0.717) is 17.6 Å². The van der Waals surface area contributed by atoms with Gasteiger partial charge in [-0.15, -0.1) is 0 Å². The van der Waals surface area contributed by atoms with Gasteiger partial charge in [0, 0.05) is 23.3 Å². The predicted octanol–water partition coefficient (Wildman–Crippen LogP) is 5.02. The van der Waals surface area contributed by atoms with E-state index in [0.717, 1.165) is 41.1 Å². The van der Waals surface area contributed by atoms with Gasteiger partial charge in [0.25, 0.3) is 5.91 Å². The fourth-order valence-electron chi connectivity index (χ4n) is 4.11. The van der Waals surface area contributed by atoms with Crippen LogP contribution in [-0.4, -0.2) is 38.7 Å². The number of carbonyl (C=O) groups excluding carboxylic acids is 1. The third-order valence-electron chi connectivity index (χ3n) is 5.97. The summed E-state index contributed by atoms with van der Waals surface area (Å²) in [6, 6.07) is 15.3. The summed E-state index contributed by atoms with van der Waals surface area (Å²) in [7, 11) is 0. The van der Waals surface area contributed by atoms with E-state index in [-0.39, 0.29) is 11.9 Å². The lowest BCUT2D eigenvalue weighted by molar-refractivity contribution is -0.119. The number of carbonyl (C=O) groups is 1. The molecular formula is C25H27N7O. The molecule has 8 heteroatoms. The van der Waals surface area contributed by atoms with Crippen molar-refractivity contribution in [3.8, 4) is 0 Å². The number of benzene rings is 2. The van der Waals surface area contributed by atoms with Crippen LogP contribution in [0.2, 0.25) is 0 Å². The van der Waals surface area contributed by atoms with Gasteiger partial charge in [0.2, 0.25) is 5.95 Å². The number of H-pyrrole nitrogens is 1. The minimum Gasteiger partial charge on any atom is -0.343 e. The lowest BCUT2D eigenvalue weighted by atomic mass is 10.1. The molecule has 168 valence electrons. The standard InChI is InChI=1S/C25H27N7O/c1-16(2)11-12-31-17(3)24(33)32(20-7-5-4-6-8-20)22-15-26-25(29-23(22)31)28-19-9-10-21-18(13-19)14-27-30-21/h4-10,13-17H,11-12H2,1-3H3,(H,27,30)(H,26,28,29)/t17-/m0/s1. The minimum absolute atomic E-state index is 0.0205. The van der Waals surface area contributed by atoms with Crippen molar-refractivity contribution in [3.63, 3.8) is 0 Å². The first-order chi connectivity index (χ1) is 16.0. The van der Waals surface area contributed by atoms with Crippen molar-refractivity contribution < 1.29 is 4.79 Å². The van der Waals surface area contributed by atoms with Crippen LogP contribution >= 0.6 is 0 Å². The van der Waals surface area contributed by atoms with E-state index in [2.05, 4.69) is 39.2 Å². The third-order valence-corrected chi connectivity index (χ3v) is 5.97. The smallest absolute Gasteiger partial charge is 0.254 e. The zero-order chi connectivity index (χ0) is 22.9. The second-order valence-electron chi connectivity index (χ2n) is 8.76. The lowest BCUT2D eigenvalue weighted by Crippen LogP contribution is -2.51. The molecule has 0 aliphatic carbocycles. The fraction of sp³-hybridized carbons (Fsp3) is 0.280. The number of aromatic nitrogens is 4. The number of amides is 1. The van der Waals surface area contributed by atoms with Gasteiger partial charge in [-0.3, -0.25) is 14.8 Å². The molecule has 0 unspecified atom stereocenters. The average molecular weight is 442 g/mol. The Morgan fingerprint density at radius 3 is 2.73 bits per heavy atom. The van der Waals surface area contributed by atoms with Crippen molar-refractivity contribution in [2.75, 3.05) is 21.7 Å². The Labute approximate surface area is 192 Å². The van der Waals surface area contributed by atoms with Gasteiger partial charge in [-0.05, 0) is 49.6 Å². The second kappa shape index (κ2) is 8.54. The molecule has 0 saturated carbocycles. The van der Waals surface area contributed by atoms with E-state index >= 15 is 0 Å². The van der Waals surface area contributed by atoms with Crippen LogP contribution < -0.4 is 15.1 Å². The van der Waals surface area contributed by atoms with Crippen molar-refractivity contribution >= 4 is 45.6 Å². The Hall–Kier alpha value is -3.94. The van der Waals surface area contributed by atoms with Crippen molar-refractivity contribution in [2.45, 2.75) is 33.2 Å². The van der Waals surface area contributed by atoms with E-state index < -0.39 is 0 Å². The first-order valence-electron chi connectivity index (χ1n) is 11.2. The van der Waals surface area contributed by atoms with Crippen LogP contribution in [0.4, 0.5) is 28.8 Å². The van der Waals surface area contributed by atoms with Crippen molar-refractivity contribution in [2.24, 2.45) is 5.92 Å². The Morgan fingerprint density at radius 2 is 1.94 bits per heavy atom. The monoisotopic (exact) mass is 441 g/mol. The lowest BCUT2D eigenvalue weighted by Gasteiger charge is -2.40. The highest BCUT2D eigenvalue weighted by Gasteiger charge is 2.37. The summed E-state index contributed by atoms with van der Waals surface area (Å²) in [5, 5.41) is 11.3. The minimum atomic E-state index is -0.332. The summed E-state index contributed by atoms with van der Waals surface area (Å²) in [6.07, 6.45) is 4.49. The molecule has 0 saturated heterocycles. The maximum Gasteiger partial charge on any atom is 0.254 e. The number of para-hydroxylation sites is 1. The predicted molar refractivity (Wildman–Crippen MR) is 131 cm³/mol. The highest BCUT2D eigenvalue weighted by Crippen LogP contribution is 2.39. The molecule has 1 amide bonds. The molecule has 2 aromatic heterocycles. The zero-order valence-electron chi connectivity index (χ0n) is 19.0. The Morgan fingerprint density at radius 1 is 1.12 bits per heavy atom. The Balaban J connectivity index is 1.55. The van der Waals surface area contributed by atoms with Crippen LogP contribution in [0.3, 0.4) is 0 Å². The quantitative estimate of drug-likeness (QED) is 0.437. The second-order valence-corrected chi connectivity index (χ2v) is 8.76. The van der Waals surface area contributed by atoms with Gasteiger partial charge in [0.1, 0.15) is 11.7 Å². The van der Waals surface area contributed by atoms with E-state index in [1.165, 1.54) is 0 Å². The molecule has 2 aromatic carbocycles. The molecule has 0 bridgehead atoms. The topological polar surface area (TPSA) is 90.0 Å². The number of hydrogen-bond donors (Lipinski definition) is 2. The fourth-order valence-corrected chi connectivity index (χ4v) is 4.11. The number of nitrogens with zero attached hydrogens (tertiary/aromatic N) is 5. The highest BCUT2D eigenvalue weighted by molar-refractivity contribution is 6.09. The molecule has 0 fully saturated rings. The number of hydrogen-bond acceptors (Lipinski definition) is 6. The molecule has 0 spiro atoms. The molecule has 8 nitrogen and oxygen atoms in total. The molecule has 4 aromatic rings. The van der Waals surface area contributed by atoms with Crippen LogP contribution in [0.1, 0.15) is 27.2 Å². The number of rotatable bonds is 6. The van der Waals surface area contributed by atoms with Gasteiger partial charge in [-0.25, -0.2) is 4.98 Å². The van der Waals surface area contributed by atoms with Gasteiger partial charge in [-0.2, -0.15) is 10.1 Å². The molecule has 0 radical (unpaired) electrons. The van der Waals surface area contributed by atoms with E-state index in [9.17, 15) is 4.79 Å². The highest BCUT2D eigenvalue weighted by atomic mass is 16.2. The van der Waals surface area contributed by atoms with Crippen molar-refractivity contribution in [1.29, 1.82) is 0 Å². The normalized spacial score (nSPS) is 15.9. The van der Waals surface area contributed by atoms with Gasteiger partial charge < -0.3 is 10.2 Å². The number of nitrogens with one attached hydrogen (secondary N) is 2. The first-order valence-corrected chi connectivity index (χ1v) is 11.2. The summed E-state index contributed by atoms with van der Waals surface area (Å²) >= 11 is 0. The maximum absolute atomic E-state index is 13.4. The van der Waals surface area contributed by atoms with Gasteiger partial charge in [-0.1, -0.05) is 32.0 Å². The average Bonchev–Trinajstić information content (AvgIpc) is 3.28. The summed E-state index contributed by atoms with van der Waals surface area (Å²) in [6.45, 7) is 7.07. The zero-order valence-corrected chi connectivity index (χ0v) is 19.0. The van der Waals surface area contributed by atoms with Crippen molar-refractivity contribution in [1.82, 2.24) is 20.2 Å². The molecule has 33 heavy (non-hydrogen) atoms. The van der Waals surface area contributed by atoms with Gasteiger partial charge >= 0.3 is 0 Å². The van der Waals surface area contributed by atoms with E-state index in [1.54, 1.807) is 17.3 Å². The van der Waals surface area contributed by atoms with Crippen LogP contribution in [-0.2, 0) is 4.79 Å². The molecule has 1 atom stereocenters. The largest absolute Gasteiger partial charge is 0.343 e. The van der Waals surface area contributed by atoms with E-state index in [4.69, 9.17) is 4.98 Å². The van der Waals surface area contributed by atoms with Crippen LogP contribution in [0.15, 0.2) is 60.9 Å². The van der Waals surface area contributed by atoms with Gasteiger partial charge in [0.05, 0.1) is 17.9 Å². The van der Waals surface area contributed by atoms with Gasteiger partial charge in [0.15, 0.2) is 5.82 Å². The van der Waals surface area contributed by atoms with Crippen molar-refractivity contribution in [3.05, 3.63) is 60.9 Å². The van der Waals surface area contributed by atoms with Crippen LogP contribution in [0, 0.1) is 5.92 Å². The molecule has 1 aliphatic rings.